The van der Waals surface area contributed by atoms with Crippen LogP contribution in [0.25, 0.3) is 0 Å². The van der Waals surface area contributed by atoms with E-state index in [9.17, 15) is 14.0 Å². The van der Waals surface area contributed by atoms with Gasteiger partial charge in [-0.25, -0.2) is 4.39 Å². The molecule has 0 unspecified atom stereocenters. The van der Waals surface area contributed by atoms with Gasteiger partial charge in [0.1, 0.15) is 5.82 Å². The summed E-state index contributed by atoms with van der Waals surface area (Å²) in [5, 5.41) is 0.260. The molecule has 0 spiro atoms. The zero-order valence-electron chi connectivity index (χ0n) is 7.83. The maximum atomic E-state index is 13.2. The van der Waals surface area contributed by atoms with Crippen molar-refractivity contribution in [3.8, 4) is 0 Å². The first-order valence-electron chi connectivity index (χ1n) is 3.96. The van der Waals surface area contributed by atoms with Crippen LogP contribution in [-0.4, -0.2) is 18.9 Å². The number of rotatable bonds is 1. The van der Waals surface area contributed by atoms with Crippen molar-refractivity contribution in [2.45, 2.75) is 0 Å². The molecular formula is C9H8ClFN2O2. The van der Waals surface area contributed by atoms with E-state index in [1.54, 1.807) is 0 Å². The van der Waals surface area contributed by atoms with E-state index in [-0.39, 0.29) is 10.7 Å². The Morgan fingerprint density at radius 1 is 1.47 bits per heavy atom. The molecule has 0 aliphatic carbocycles. The van der Waals surface area contributed by atoms with Crippen LogP contribution < -0.4 is 10.6 Å². The zero-order chi connectivity index (χ0) is 11.6. The lowest BCUT2D eigenvalue weighted by Crippen LogP contribution is -2.38. The molecule has 80 valence electrons. The van der Waals surface area contributed by atoms with Gasteiger partial charge in [0.25, 0.3) is 0 Å². The monoisotopic (exact) mass is 230 g/mol. The number of nitrogens with two attached hydrogens (primary N) is 1. The second kappa shape index (κ2) is 4.27. The van der Waals surface area contributed by atoms with Gasteiger partial charge in [-0.1, -0.05) is 11.6 Å². The molecule has 0 bridgehead atoms. The number of likely N-dealkylation sites (N-methyl/N-ethyl adjacent to an activating group) is 1. The number of hydrogen-bond donors (Lipinski definition) is 1. The average Bonchev–Trinajstić information content (AvgIpc) is 2.19. The molecule has 1 rings (SSSR count). The van der Waals surface area contributed by atoms with Crippen molar-refractivity contribution in [1.82, 2.24) is 0 Å². The minimum absolute atomic E-state index is 0.0914. The number of hydrogen-bond acceptors (Lipinski definition) is 2. The highest BCUT2D eigenvalue weighted by Gasteiger charge is 2.19. The fraction of sp³-hybridized carbons (Fsp3) is 0.111. The minimum atomic E-state index is -1.16. The summed E-state index contributed by atoms with van der Waals surface area (Å²) in [4.78, 5) is 22.5. The Bertz CT molecular complexity index is 423. The number of amides is 2. The Hall–Kier alpha value is -1.62. The first-order valence-corrected chi connectivity index (χ1v) is 4.34. The number of carbonyl (C=O) groups is 2. The summed E-state index contributed by atoms with van der Waals surface area (Å²) < 4.78 is 13.2. The summed E-state index contributed by atoms with van der Waals surface area (Å²) >= 11 is 5.62. The first-order chi connectivity index (χ1) is 6.93. The molecule has 0 saturated carbocycles. The molecule has 0 aliphatic heterocycles. The molecule has 0 aromatic heterocycles. The Labute approximate surface area is 90.4 Å². The number of primary amides is 1. The normalized spacial score (nSPS) is 9.80. The van der Waals surface area contributed by atoms with Gasteiger partial charge < -0.3 is 10.6 Å². The summed E-state index contributed by atoms with van der Waals surface area (Å²) in [6.07, 6.45) is 0. The highest BCUT2D eigenvalue weighted by Crippen LogP contribution is 2.22. The van der Waals surface area contributed by atoms with E-state index >= 15 is 0 Å². The molecule has 0 radical (unpaired) electrons. The van der Waals surface area contributed by atoms with Gasteiger partial charge in [-0.3, -0.25) is 9.59 Å². The maximum Gasteiger partial charge on any atom is 0.315 e. The Morgan fingerprint density at radius 3 is 2.60 bits per heavy atom. The molecule has 1 aromatic carbocycles. The lowest BCUT2D eigenvalue weighted by atomic mass is 10.2. The molecule has 4 nitrogen and oxygen atoms in total. The fourth-order valence-electron chi connectivity index (χ4n) is 1.02. The molecule has 0 atom stereocenters. The van der Waals surface area contributed by atoms with Gasteiger partial charge in [0, 0.05) is 12.1 Å². The van der Waals surface area contributed by atoms with Crippen LogP contribution in [0, 0.1) is 5.82 Å². The third-order valence-corrected chi connectivity index (χ3v) is 2.02. The van der Waals surface area contributed by atoms with Gasteiger partial charge in [0.2, 0.25) is 0 Å². The molecule has 1 aromatic rings. The standard InChI is InChI=1S/C9H8ClFN2O2/c1-13(9(15)8(12)14)7-4-5(10)2-3-6(7)11/h2-4H,1H3,(H2,12,14). The van der Waals surface area contributed by atoms with Gasteiger partial charge in [-0.2, -0.15) is 0 Å². The third-order valence-electron chi connectivity index (χ3n) is 1.78. The zero-order valence-corrected chi connectivity index (χ0v) is 8.58. The topological polar surface area (TPSA) is 63.4 Å². The number of nitrogens with zero attached hydrogens (tertiary/aromatic N) is 1. The highest BCUT2D eigenvalue weighted by molar-refractivity contribution is 6.39. The van der Waals surface area contributed by atoms with Gasteiger partial charge >= 0.3 is 11.8 Å². The van der Waals surface area contributed by atoms with E-state index in [1.165, 1.54) is 19.2 Å². The number of anilines is 1. The molecule has 2 N–H and O–H groups in total. The summed E-state index contributed by atoms with van der Waals surface area (Å²) in [6, 6.07) is 3.67. The second-order valence-corrected chi connectivity index (χ2v) is 3.26. The molecule has 0 heterocycles. The third kappa shape index (κ3) is 2.44. The lowest BCUT2D eigenvalue weighted by Gasteiger charge is -2.15. The number of benzene rings is 1. The fourth-order valence-corrected chi connectivity index (χ4v) is 1.18. The van der Waals surface area contributed by atoms with Crippen LogP contribution in [0.2, 0.25) is 5.02 Å². The molecule has 0 aliphatic rings. The minimum Gasteiger partial charge on any atom is -0.361 e. The van der Waals surface area contributed by atoms with E-state index in [0.717, 1.165) is 11.0 Å². The highest BCUT2D eigenvalue weighted by atomic mass is 35.5. The van der Waals surface area contributed by atoms with Crippen LogP contribution in [0.3, 0.4) is 0 Å². The lowest BCUT2D eigenvalue weighted by molar-refractivity contribution is -0.135. The van der Waals surface area contributed by atoms with Crippen molar-refractivity contribution >= 4 is 29.1 Å². The first kappa shape index (κ1) is 11.5. The predicted molar refractivity (Wildman–Crippen MR) is 54.0 cm³/mol. The molecule has 0 saturated heterocycles. The Kier molecular flexibility index (Phi) is 3.26. The van der Waals surface area contributed by atoms with Crippen LogP contribution >= 0.6 is 11.6 Å². The van der Waals surface area contributed by atoms with Crippen molar-refractivity contribution in [2.75, 3.05) is 11.9 Å². The van der Waals surface area contributed by atoms with Gasteiger partial charge in [-0.15, -0.1) is 0 Å². The summed E-state index contributed by atoms with van der Waals surface area (Å²) in [6.45, 7) is 0. The SMILES string of the molecule is CN(C(=O)C(N)=O)c1cc(Cl)ccc1F. The smallest absolute Gasteiger partial charge is 0.315 e. The van der Waals surface area contributed by atoms with Gasteiger partial charge in [0.15, 0.2) is 0 Å². The van der Waals surface area contributed by atoms with E-state index in [4.69, 9.17) is 17.3 Å². The Morgan fingerprint density at radius 2 is 2.07 bits per heavy atom. The second-order valence-electron chi connectivity index (χ2n) is 2.82. The van der Waals surface area contributed by atoms with Crippen LogP contribution in [0.5, 0.6) is 0 Å². The maximum absolute atomic E-state index is 13.2. The van der Waals surface area contributed by atoms with Crippen molar-refractivity contribution in [1.29, 1.82) is 0 Å². The molecule has 15 heavy (non-hydrogen) atoms. The summed E-state index contributed by atoms with van der Waals surface area (Å²) in [5.41, 5.74) is 4.69. The van der Waals surface area contributed by atoms with Crippen molar-refractivity contribution < 1.29 is 14.0 Å². The predicted octanol–water partition coefficient (Wildman–Crippen LogP) is 0.927. The quantitative estimate of drug-likeness (QED) is 0.730. The summed E-state index contributed by atoms with van der Waals surface area (Å²) in [5.74, 6) is -2.82. The van der Waals surface area contributed by atoms with E-state index < -0.39 is 17.6 Å². The van der Waals surface area contributed by atoms with E-state index in [1.807, 2.05) is 0 Å². The molecular weight excluding hydrogens is 223 g/mol. The number of carbonyl (C=O) groups excluding carboxylic acids is 2. The molecule has 0 fully saturated rings. The van der Waals surface area contributed by atoms with E-state index in [2.05, 4.69) is 0 Å². The van der Waals surface area contributed by atoms with Gasteiger partial charge in [-0.05, 0) is 18.2 Å². The average molecular weight is 231 g/mol. The van der Waals surface area contributed by atoms with Crippen LogP contribution in [0.15, 0.2) is 18.2 Å². The van der Waals surface area contributed by atoms with E-state index in [0.29, 0.717) is 0 Å². The van der Waals surface area contributed by atoms with Crippen molar-refractivity contribution in [2.24, 2.45) is 5.73 Å². The van der Waals surface area contributed by atoms with Gasteiger partial charge in [0.05, 0.1) is 5.69 Å². The largest absolute Gasteiger partial charge is 0.361 e. The number of halogens is 2. The molecule has 2 amide bonds. The molecule has 6 heteroatoms. The Balaban J connectivity index is 3.10. The van der Waals surface area contributed by atoms with Crippen LogP contribution in [0.4, 0.5) is 10.1 Å². The van der Waals surface area contributed by atoms with Crippen LogP contribution in [0.1, 0.15) is 0 Å². The van der Waals surface area contributed by atoms with Crippen molar-refractivity contribution in [3.63, 3.8) is 0 Å². The van der Waals surface area contributed by atoms with Crippen molar-refractivity contribution in [3.05, 3.63) is 29.0 Å². The van der Waals surface area contributed by atoms with Crippen LogP contribution in [-0.2, 0) is 9.59 Å². The summed E-state index contributed by atoms with van der Waals surface area (Å²) in [7, 11) is 1.24.